The van der Waals surface area contributed by atoms with E-state index in [1.54, 1.807) is 11.3 Å². The Bertz CT molecular complexity index is 351. The molecule has 10 heavy (non-hydrogen) atoms. The van der Waals surface area contributed by atoms with Gasteiger partial charge < -0.3 is 0 Å². The van der Waals surface area contributed by atoms with Crippen LogP contribution in [0.3, 0.4) is 0 Å². The maximum atomic E-state index is 4.07. The summed E-state index contributed by atoms with van der Waals surface area (Å²) in [7, 11) is 0. The molecule has 0 spiro atoms. The lowest BCUT2D eigenvalue weighted by atomic mass is 10.2. The van der Waals surface area contributed by atoms with Crippen LogP contribution in [0.5, 0.6) is 0 Å². The topological polar surface area (TPSA) is 12.9 Å². The maximum Gasteiger partial charge on any atom is 0.153 e. The molecule has 0 saturated heterocycles. The van der Waals surface area contributed by atoms with E-state index in [9.17, 15) is 0 Å². The maximum absolute atomic E-state index is 4.07. The van der Waals surface area contributed by atoms with Crippen LogP contribution in [0.15, 0.2) is 18.2 Å². The van der Waals surface area contributed by atoms with Crippen molar-refractivity contribution in [2.45, 2.75) is 6.92 Å². The van der Waals surface area contributed by atoms with Gasteiger partial charge in [-0.2, -0.15) is 0 Å². The fraction of sp³-hybridized carbons (Fsp3) is 0.125. The van der Waals surface area contributed by atoms with E-state index >= 15 is 0 Å². The molecule has 1 aromatic heterocycles. The van der Waals surface area contributed by atoms with Crippen LogP contribution in [0.25, 0.3) is 10.2 Å². The van der Waals surface area contributed by atoms with E-state index in [1.807, 2.05) is 0 Å². The molecule has 2 rings (SSSR count). The molecule has 0 aliphatic carbocycles. The number of fused-ring (bicyclic) bond motifs is 1. The lowest BCUT2D eigenvalue weighted by Crippen LogP contribution is -1.69. The van der Waals surface area contributed by atoms with Gasteiger partial charge in [-0.15, -0.1) is 11.3 Å². The molecule has 0 atom stereocenters. The van der Waals surface area contributed by atoms with Crippen molar-refractivity contribution < 1.29 is 0 Å². The molecule has 0 saturated carbocycles. The van der Waals surface area contributed by atoms with E-state index < -0.39 is 0 Å². The van der Waals surface area contributed by atoms with E-state index in [0.717, 1.165) is 5.52 Å². The standard InChI is InChI=1S/C8H6NS/c1-6-2-3-8-7(4-6)9-5-10-8/h2-4H,1H3. The Morgan fingerprint density at radius 1 is 1.50 bits per heavy atom. The molecule has 2 heteroatoms. The van der Waals surface area contributed by atoms with E-state index in [0.29, 0.717) is 0 Å². The summed E-state index contributed by atoms with van der Waals surface area (Å²) in [6.45, 7) is 2.07. The number of benzene rings is 1. The predicted molar refractivity (Wildman–Crippen MR) is 43.2 cm³/mol. The first-order valence-corrected chi connectivity index (χ1v) is 3.91. The van der Waals surface area contributed by atoms with Gasteiger partial charge in [-0.1, -0.05) is 6.07 Å². The number of nitrogens with zero attached hydrogens (tertiary/aromatic N) is 1. The third-order valence-corrected chi connectivity index (χ3v) is 2.18. The van der Waals surface area contributed by atoms with Gasteiger partial charge in [-0.05, 0) is 24.6 Å². The zero-order valence-corrected chi connectivity index (χ0v) is 6.40. The van der Waals surface area contributed by atoms with Crippen molar-refractivity contribution in [2.75, 3.05) is 0 Å². The van der Waals surface area contributed by atoms with Gasteiger partial charge in [-0.25, -0.2) is 4.98 Å². The van der Waals surface area contributed by atoms with Gasteiger partial charge >= 0.3 is 0 Å². The van der Waals surface area contributed by atoms with Gasteiger partial charge in [0.05, 0.1) is 10.2 Å². The minimum atomic E-state index is 1.06. The summed E-state index contributed by atoms with van der Waals surface area (Å²) in [6, 6.07) is 6.25. The summed E-state index contributed by atoms with van der Waals surface area (Å²) in [4.78, 5) is 4.07. The summed E-state index contributed by atoms with van der Waals surface area (Å²) >= 11 is 1.56. The molecule has 1 radical (unpaired) electrons. The lowest BCUT2D eigenvalue weighted by molar-refractivity contribution is 1.44. The van der Waals surface area contributed by atoms with Crippen molar-refractivity contribution in [3.8, 4) is 0 Å². The van der Waals surface area contributed by atoms with Gasteiger partial charge in [0, 0.05) is 0 Å². The Balaban J connectivity index is 2.86. The number of rotatable bonds is 0. The third kappa shape index (κ3) is 0.809. The fourth-order valence-electron chi connectivity index (χ4n) is 0.922. The number of hydrogen-bond acceptors (Lipinski definition) is 2. The SMILES string of the molecule is Cc1ccc2s[c]nc2c1. The molecule has 2 aromatic rings. The molecule has 1 aromatic carbocycles. The number of thiazole rings is 1. The first kappa shape index (κ1) is 5.86. The van der Waals surface area contributed by atoms with Gasteiger partial charge in [0.25, 0.3) is 0 Å². The van der Waals surface area contributed by atoms with Crippen LogP contribution in [-0.4, -0.2) is 4.98 Å². The van der Waals surface area contributed by atoms with Crippen molar-refractivity contribution in [2.24, 2.45) is 0 Å². The zero-order valence-electron chi connectivity index (χ0n) is 5.59. The van der Waals surface area contributed by atoms with Crippen LogP contribution in [0.4, 0.5) is 0 Å². The molecule has 0 bridgehead atoms. The summed E-state index contributed by atoms with van der Waals surface area (Å²) in [5, 5.41) is 0. The molecular formula is C8H6NS. The Morgan fingerprint density at radius 2 is 2.40 bits per heavy atom. The van der Waals surface area contributed by atoms with E-state index in [-0.39, 0.29) is 0 Å². The van der Waals surface area contributed by atoms with E-state index in [4.69, 9.17) is 0 Å². The Kier molecular flexibility index (Phi) is 1.21. The largest absolute Gasteiger partial charge is 0.233 e. The summed E-state index contributed by atoms with van der Waals surface area (Å²) < 4.78 is 1.21. The highest BCUT2D eigenvalue weighted by molar-refractivity contribution is 7.16. The van der Waals surface area contributed by atoms with Crippen LogP contribution < -0.4 is 0 Å². The van der Waals surface area contributed by atoms with Gasteiger partial charge in [-0.3, -0.25) is 0 Å². The molecule has 0 aliphatic rings. The highest BCUT2D eigenvalue weighted by Crippen LogP contribution is 2.17. The molecule has 0 unspecified atom stereocenters. The Labute approximate surface area is 63.3 Å². The summed E-state index contributed by atoms with van der Waals surface area (Å²) in [5.74, 6) is 0. The molecular weight excluding hydrogens is 142 g/mol. The minimum absolute atomic E-state index is 1.06. The zero-order chi connectivity index (χ0) is 6.97. The van der Waals surface area contributed by atoms with Crippen molar-refractivity contribution in [3.05, 3.63) is 29.3 Å². The molecule has 49 valence electrons. The van der Waals surface area contributed by atoms with E-state index in [2.05, 4.69) is 35.6 Å². The highest BCUT2D eigenvalue weighted by Gasteiger charge is 1.94. The predicted octanol–water partition coefficient (Wildman–Crippen LogP) is 2.40. The average Bonchev–Trinajstić information content (AvgIpc) is 2.33. The quantitative estimate of drug-likeness (QED) is 0.559. The normalized spacial score (nSPS) is 10.5. The third-order valence-electron chi connectivity index (χ3n) is 1.44. The van der Waals surface area contributed by atoms with Crippen LogP contribution in [0, 0.1) is 12.4 Å². The first-order chi connectivity index (χ1) is 4.86. The van der Waals surface area contributed by atoms with Crippen LogP contribution >= 0.6 is 11.3 Å². The van der Waals surface area contributed by atoms with Gasteiger partial charge in [0.15, 0.2) is 5.51 Å². The fourth-order valence-corrected chi connectivity index (χ4v) is 1.51. The summed E-state index contributed by atoms with van der Waals surface area (Å²) in [6.07, 6.45) is 0. The smallest absolute Gasteiger partial charge is 0.153 e. The monoisotopic (exact) mass is 148 g/mol. The van der Waals surface area contributed by atoms with Crippen molar-refractivity contribution in [1.82, 2.24) is 4.98 Å². The number of hydrogen-bond donors (Lipinski definition) is 0. The minimum Gasteiger partial charge on any atom is -0.233 e. The molecule has 0 N–H and O–H groups in total. The highest BCUT2D eigenvalue weighted by atomic mass is 32.1. The Morgan fingerprint density at radius 3 is 3.30 bits per heavy atom. The van der Waals surface area contributed by atoms with Gasteiger partial charge in [0.2, 0.25) is 0 Å². The van der Waals surface area contributed by atoms with Gasteiger partial charge in [0.1, 0.15) is 0 Å². The summed E-state index contributed by atoms with van der Waals surface area (Å²) in [5.41, 5.74) is 5.17. The molecule has 1 nitrogen and oxygen atoms in total. The molecule has 0 amide bonds. The second kappa shape index (κ2) is 2.06. The van der Waals surface area contributed by atoms with Crippen LogP contribution in [-0.2, 0) is 0 Å². The molecule has 0 aliphatic heterocycles. The number of aromatic nitrogens is 1. The van der Waals surface area contributed by atoms with Crippen molar-refractivity contribution in [1.29, 1.82) is 0 Å². The van der Waals surface area contributed by atoms with Crippen molar-refractivity contribution in [3.63, 3.8) is 0 Å². The average molecular weight is 148 g/mol. The second-order valence-electron chi connectivity index (χ2n) is 2.28. The first-order valence-electron chi connectivity index (χ1n) is 3.09. The molecule has 0 fully saturated rings. The van der Waals surface area contributed by atoms with Crippen LogP contribution in [0.1, 0.15) is 5.56 Å². The lowest BCUT2D eigenvalue weighted by Gasteiger charge is -1.88. The van der Waals surface area contributed by atoms with E-state index in [1.165, 1.54) is 10.3 Å². The van der Waals surface area contributed by atoms with Crippen molar-refractivity contribution >= 4 is 21.6 Å². The Hall–Kier alpha value is -0.890. The van der Waals surface area contributed by atoms with Crippen LogP contribution in [0.2, 0.25) is 0 Å². The molecule has 1 heterocycles. The number of aryl methyl sites for hydroxylation is 1. The second-order valence-corrected chi connectivity index (χ2v) is 3.10.